The molecule has 0 atom stereocenters. The molecule has 0 fully saturated rings. The van der Waals surface area contributed by atoms with Gasteiger partial charge in [-0.1, -0.05) is 55.8 Å². The van der Waals surface area contributed by atoms with Crippen LogP contribution in [0, 0.1) is 0 Å². The van der Waals surface area contributed by atoms with Crippen molar-refractivity contribution >= 4 is 28.6 Å². The molecule has 0 amide bonds. The van der Waals surface area contributed by atoms with Crippen molar-refractivity contribution in [1.82, 2.24) is 9.55 Å². The predicted molar refractivity (Wildman–Crippen MR) is 88.8 cm³/mol. The molecule has 3 aromatic rings. The normalized spacial score (nSPS) is 11.4. The zero-order valence-corrected chi connectivity index (χ0v) is 12.9. The Labute approximate surface area is 129 Å². The molecule has 1 heterocycles. The lowest BCUT2D eigenvalue weighted by Gasteiger charge is -2.09. The first-order chi connectivity index (χ1) is 10.1. The number of rotatable bonds is 3. The molecule has 0 bridgehead atoms. The van der Waals surface area contributed by atoms with Gasteiger partial charge < -0.3 is 10.3 Å². The Morgan fingerprint density at radius 3 is 2.52 bits per heavy atom. The van der Waals surface area contributed by atoms with Crippen LogP contribution < -0.4 is 5.73 Å². The fraction of sp³-hybridized carbons (Fsp3) is 0.235. The molecule has 0 spiro atoms. The highest BCUT2D eigenvalue weighted by Gasteiger charge is 2.11. The minimum atomic E-state index is 0.492. The Hall–Kier alpha value is -2.00. The first kappa shape index (κ1) is 14.0. The maximum Gasteiger partial charge on any atom is 0.201 e. The van der Waals surface area contributed by atoms with E-state index in [1.807, 2.05) is 22.8 Å². The molecule has 2 N–H and O–H groups in total. The molecule has 0 aliphatic carbocycles. The summed E-state index contributed by atoms with van der Waals surface area (Å²) in [4.78, 5) is 4.36. The zero-order valence-electron chi connectivity index (χ0n) is 12.2. The quantitative estimate of drug-likeness (QED) is 0.777. The van der Waals surface area contributed by atoms with E-state index in [1.165, 1.54) is 11.1 Å². The van der Waals surface area contributed by atoms with Crippen LogP contribution in [-0.2, 0) is 6.54 Å². The number of anilines is 1. The maximum atomic E-state index is 6.17. The number of hydrogen-bond acceptors (Lipinski definition) is 2. The van der Waals surface area contributed by atoms with Crippen molar-refractivity contribution in [2.45, 2.75) is 26.3 Å². The van der Waals surface area contributed by atoms with Gasteiger partial charge in [0, 0.05) is 0 Å². The van der Waals surface area contributed by atoms with Crippen molar-refractivity contribution in [3.63, 3.8) is 0 Å². The van der Waals surface area contributed by atoms with E-state index in [1.54, 1.807) is 0 Å². The van der Waals surface area contributed by atoms with Gasteiger partial charge >= 0.3 is 0 Å². The van der Waals surface area contributed by atoms with Crippen molar-refractivity contribution in [2.24, 2.45) is 0 Å². The average molecular weight is 300 g/mol. The summed E-state index contributed by atoms with van der Waals surface area (Å²) in [7, 11) is 0. The van der Waals surface area contributed by atoms with Crippen LogP contribution in [-0.4, -0.2) is 9.55 Å². The minimum absolute atomic E-state index is 0.492. The van der Waals surface area contributed by atoms with Gasteiger partial charge in [-0.05, 0) is 29.2 Å². The van der Waals surface area contributed by atoms with E-state index in [0.29, 0.717) is 23.4 Å². The van der Waals surface area contributed by atoms with Gasteiger partial charge in [-0.2, -0.15) is 0 Å². The molecular weight excluding hydrogens is 282 g/mol. The molecule has 4 heteroatoms. The molecule has 0 unspecified atom stereocenters. The van der Waals surface area contributed by atoms with Crippen LogP contribution in [0.1, 0.15) is 30.9 Å². The number of fused-ring (bicyclic) bond motifs is 1. The highest BCUT2D eigenvalue weighted by atomic mass is 35.5. The molecule has 0 saturated heterocycles. The fourth-order valence-electron chi connectivity index (χ4n) is 2.49. The van der Waals surface area contributed by atoms with Crippen LogP contribution in [0.25, 0.3) is 11.0 Å². The number of nitrogens with two attached hydrogens (primary N) is 1. The smallest absolute Gasteiger partial charge is 0.201 e. The molecule has 0 radical (unpaired) electrons. The van der Waals surface area contributed by atoms with Gasteiger partial charge in [0.25, 0.3) is 0 Å². The molecule has 0 aliphatic rings. The van der Waals surface area contributed by atoms with Gasteiger partial charge in [-0.3, -0.25) is 0 Å². The third kappa shape index (κ3) is 2.61. The van der Waals surface area contributed by atoms with E-state index in [0.717, 1.165) is 11.0 Å². The van der Waals surface area contributed by atoms with Crippen LogP contribution in [0.2, 0.25) is 5.02 Å². The summed E-state index contributed by atoms with van der Waals surface area (Å²) in [5, 5.41) is 0.633. The number of benzene rings is 2. The van der Waals surface area contributed by atoms with Crippen molar-refractivity contribution in [3.05, 3.63) is 58.6 Å². The number of para-hydroxylation sites is 1. The van der Waals surface area contributed by atoms with Crippen LogP contribution in [0.15, 0.2) is 42.5 Å². The number of hydrogen-bond donors (Lipinski definition) is 1. The third-order valence-electron chi connectivity index (χ3n) is 3.75. The van der Waals surface area contributed by atoms with E-state index in [2.05, 4.69) is 43.1 Å². The van der Waals surface area contributed by atoms with Gasteiger partial charge in [0.15, 0.2) is 0 Å². The largest absolute Gasteiger partial charge is 0.369 e. The second kappa shape index (κ2) is 5.41. The van der Waals surface area contributed by atoms with E-state index >= 15 is 0 Å². The summed E-state index contributed by atoms with van der Waals surface area (Å²) in [6.07, 6.45) is 0. The van der Waals surface area contributed by atoms with E-state index < -0.39 is 0 Å². The molecular formula is C17H18ClN3. The van der Waals surface area contributed by atoms with Crippen LogP contribution in [0.5, 0.6) is 0 Å². The summed E-state index contributed by atoms with van der Waals surface area (Å²) in [5.41, 5.74) is 10.3. The lowest BCUT2D eigenvalue weighted by Crippen LogP contribution is -2.04. The Balaban J connectivity index is 1.98. The molecule has 21 heavy (non-hydrogen) atoms. The minimum Gasteiger partial charge on any atom is -0.369 e. The van der Waals surface area contributed by atoms with Crippen LogP contribution >= 0.6 is 11.6 Å². The molecule has 108 valence electrons. The van der Waals surface area contributed by atoms with Crippen molar-refractivity contribution in [2.75, 3.05) is 5.73 Å². The van der Waals surface area contributed by atoms with Crippen LogP contribution in [0.4, 0.5) is 5.95 Å². The van der Waals surface area contributed by atoms with E-state index in [4.69, 9.17) is 17.3 Å². The van der Waals surface area contributed by atoms with Gasteiger partial charge in [0.2, 0.25) is 5.95 Å². The Morgan fingerprint density at radius 1 is 1.14 bits per heavy atom. The standard InChI is InChI=1S/C17H18ClN3/c1-11(2)13-8-6-12(7-9-13)10-21-15-5-3-4-14(18)16(15)20-17(21)19/h3-9,11H,10H2,1-2H3,(H2,19,20). The summed E-state index contributed by atoms with van der Waals surface area (Å²) in [6.45, 7) is 5.08. The SMILES string of the molecule is CC(C)c1ccc(Cn2c(N)nc3c(Cl)cccc32)cc1. The second-order valence-electron chi connectivity index (χ2n) is 5.56. The molecule has 1 aromatic heterocycles. The van der Waals surface area contributed by atoms with Crippen molar-refractivity contribution in [1.29, 1.82) is 0 Å². The van der Waals surface area contributed by atoms with Crippen LogP contribution in [0.3, 0.4) is 0 Å². The third-order valence-corrected chi connectivity index (χ3v) is 4.05. The molecule has 2 aromatic carbocycles. The lowest BCUT2D eigenvalue weighted by molar-refractivity contribution is 0.830. The zero-order chi connectivity index (χ0) is 15.0. The number of imidazole rings is 1. The maximum absolute atomic E-state index is 6.17. The Kier molecular flexibility index (Phi) is 3.60. The molecule has 3 rings (SSSR count). The fourth-order valence-corrected chi connectivity index (χ4v) is 2.70. The van der Waals surface area contributed by atoms with Gasteiger partial charge in [-0.15, -0.1) is 0 Å². The summed E-state index contributed by atoms with van der Waals surface area (Å²) in [5.74, 6) is 1.03. The van der Waals surface area contributed by atoms with E-state index in [9.17, 15) is 0 Å². The second-order valence-corrected chi connectivity index (χ2v) is 5.97. The summed E-state index contributed by atoms with van der Waals surface area (Å²) < 4.78 is 1.99. The number of nitrogen functional groups attached to an aromatic ring is 1. The number of halogens is 1. The Bertz CT molecular complexity index is 773. The lowest BCUT2D eigenvalue weighted by atomic mass is 10.0. The van der Waals surface area contributed by atoms with Gasteiger partial charge in [0.1, 0.15) is 5.52 Å². The topological polar surface area (TPSA) is 43.8 Å². The predicted octanol–water partition coefficient (Wildman–Crippen LogP) is 4.44. The van der Waals surface area contributed by atoms with Crippen molar-refractivity contribution in [3.8, 4) is 0 Å². The number of nitrogens with zero attached hydrogens (tertiary/aromatic N) is 2. The highest BCUT2D eigenvalue weighted by molar-refractivity contribution is 6.35. The average Bonchev–Trinajstić information content (AvgIpc) is 2.78. The summed E-state index contributed by atoms with van der Waals surface area (Å²) in [6, 6.07) is 14.4. The summed E-state index contributed by atoms with van der Waals surface area (Å²) >= 11 is 6.17. The van der Waals surface area contributed by atoms with Gasteiger partial charge in [0.05, 0.1) is 17.1 Å². The molecule has 3 nitrogen and oxygen atoms in total. The first-order valence-electron chi connectivity index (χ1n) is 7.05. The Morgan fingerprint density at radius 2 is 1.86 bits per heavy atom. The number of aromatic nitrogens is 2. The van der Waals surface area contributed by atoms with Gasteiger partial charge in [-0.25, -0.2) is 4.98 Å². The highest BCUT2D eigenvalue weighted by Crippen LogP contribution is 2.26. The first-order valence-corrected chi connectivity index (χ1v) is 7.43. The van der Waals surface area contributed by atoms with E-state index in [-0.39, 0.29) is 0 Å². The molecule has 0 aliphatic heterocycles. The molecule has 0 saturated carbocycles. The monoisotopic (exact) mass is 299 g/mol. The van der Waals surface area contributed by atoms with Crippen molar-refractivity contribution < 1.29 is 0 Å².